The molecule has 5 nitrogen and oxygen atoms in total. The molecule has 0 radical (unpaired) electrons. The minimum absolute atomic E-state index is 0. The number of hydrogen-bond donors (Lipinski definition) is 1. The van der Waals surface area contributed by atoms with Crippen molar-refractivity contribution in [2.45, 2.75) is 142 Å². The van der Waals surface area contributed by atoms with Gasteiger partial charge in [0.25, 0.3) is 10.1 Å². The second kappa shape index (κ2) is 26.6. The summed E-state index contributed by atoms with van der Waals surface area (Å²) in [5.41, 5.74) is 0. The van der Waals surface area contributed by atoms with E-state index in [9.17, 15) is 13.5 Å². The van der Waals surface area contributed by atoms with E-state index in [2.05, 4.69) is 11.9 Å². The molecule has 0 aliphatic heterocycles. The summed E-state index contributed by atoms with van der Waals surface area (Å²) in [5, 5.41) is 11.5. The molecule has 0 aliphatic carbocycles. The van der Waals surface area contributed by atoms with Gasteiger partial charge in [0, 0.05) is 0 Å². The molecule has 32 heavy (non-hydrogen) atoms. The topological polar surface area (TPSA) is 89.8 Å². The summed E-state index contributed by atoms with van der Waals surface area (Å²) < 4.78 is 29.7. The van der Waals surface area contributed by atoms with Crippen molar-refractivity contribution in [3.8, 4) is 0 Å². The van der Waals surface area contributed by atoms with Gasteiger partial charge < -0.3 is 10.1 Å². The summed E-state index contributed by atoms with van der Waals surface area (Å²) in [6.45, 7) is 2.13. The summed E-state index contributed by atoms with van der Waals surface area (Å²) in [5.74, 6) is -0.732. The van der Waals surface area contributed by atoms with Crippen LogP contribution in [0.15, 0.2) is 4.99 Å². The molecule has 0 aromatic carbocycles. The fourth-order valence-corrected chi connectivity index (χ4v) is 4.22. The van der Waals surface area contributed by atoms with E-state index in [1.165, 1.54) is 109 Å². The second-order valence-electron chi connectivity index (χ2n) is 9.03. The van der Waals surface area contributed by atoms with Crippen molar-refractivity contribution in [3.63, 3.8) is 0 Å². The Bertz CT molecular complexity index is 512. The minimum Gasteiger partial charge on any atom is -0.862 e. The van der Waals surface area contributed by atoms with Crippen LogP contribution in [0, 0.1) is 0 Å². The summed E-state index contributed by atoms with van der Waals surface area (Å²) in [6, 6.07) is 0. The Balaban J connectivity index is 0. The van der Waals surface area contributed by atoms with Gasteiger partial charge in [-0.2, -0.15) is 8.42 Å². The maximum absolute atomic E-state index is 11.5. The molecule has 0 amide bonds. The van der Waals surface area contributed by atoms with E-state index in [1.807, 2.05) is 0 Å². The van der Waals surface area contributed by atoms with Gasteiger partial charge in [-0.05, 0) is 18.7 Å². The maximum Gasteiger partial charge on any atom is 1.00 e. The monoisotopic (exact) mass is 499 g/mol. The van der Waals surface area contributed by atoms with Crippen LogP contribution < -0.4 is 56.5 Å². The molecule has 0 atom stereocenters. The quantitative estimate of drug-likeness (QED) is 0.0718. The molecule has 0 saturated carbocycles. The van der Waals surface area contributed by atoms with Gasteiger partial charge in [0.15, 0.2) is 0 Å². The third-order valence-corrected chi connectivity index (χ3v) is 6.58. The van der Waals surface area contributed by atoms with E-state index in [0.29, 0.717) is 6.42 Å². The van der Waals surface area contributed by atoms with Crippen molar-refractivity contribution in [1.29, 1.82) is 0 Å². The van der Waals surface area contributed by atoms with Crippen molar-refractivity contribution in [2.75, 3.05) is 12.3 Å². The first-order valence-electron chi connectivity index (χ1n) is 13.1. The Labute approximate surface area is 242 Å². The Morgan fingerprint density at radius 1 is 0.656 bits per heavy atom. The van der Waals surface area contributed by atoms with E-state index >= 15 is 0 Å². The number of nitrogens with zero attached hydrogens (tertiary/aromatic N) is 1. The molecule has 7 heteroatoms. The molecule has 0 heterocycles. The fraction of sp³-hybridized carbons (Fsp3) is 0.960. The zero-order chi connectivity index (χ0) is 23.0. The Hall–Kier alpha value is 1.02. The molecule has 0 bridgehead atoms. The smallest absolute Gasteiger partial charge is 0.862 e. The molecule has 0 unspecified atom stereocenters. The van der Waals surface area contributed by atoms with E-state index < -0.39 is 15.9 Å². The molecule has 186 valence electrons. The van der Waals surface area contributed by atoms with Crippen molar-refractivity contribution in [1.82, 2.24) is 0 Å². The van der Waals surface area contributed by atoms with Gasteiger partial charge >= 0.3 is 51.4 Å². The average Bonchev–Trinajstić information content (AvgIpc) is 2.71. The van der Waals surface area contributed by atoms with Gasteiger partial charge in [-0.1, -0.05) is 129 Å². The van der Waals surface area contributed by atoms with Crippen molar-refractivity contribution < 1.29 is 69.5 Å². The van der Waals surface area contributed by atoms with E-state index in [-0.39, 0.29) is 63.8 Å². The number of rotatable bonds is 24. The number of aliphatic imine (C=N–C) groups is 1. The van der Waals surface area contributed by atoms with E-state index in [1.54, 1.807) is 0 Å². The van der Waals surface area contributed by atoms with Gasteiger partial charge in [0.05, 0.1) is 12.3 Å². The molecular formula is C25H50KNO4S. The van der Waals surface area contributed by atoms with E-state index in [0.717, 1.165) is 19.3 Å². The fourth-order valence-electron chi connectivity index (χ4n) is 3.90. The number of unbranched alkanes of at least 4 members (excludes halogenated alkanes) is 19. The zero-order valence-electron chi connectivity index (χ0n) is 21.3. The predicted molar refractivity (Wildman–Crippen MR) is 131 cm³/mol. The third kappa shape index (κ3) is 31.0. The van der Waals surface area contributed by atoms with Crippen LogP contribution in [0.3, 0.4) is 0 Å². The average molecular weight is 500 g/mol. The molecule has 0 rings (SSSR count). The van der Waals surface area contributed by atoms with E-state index in [4.69, 9.17) is 4.55 Å². The maximum atomic E-state index is 11.5. The Morgan fingerprint density at radius 2 is 0.969 bits per heavy atom. The van der Waals surface area contributed by atoms with Crippen molar-refractivity contribution in [2.24, 2.45) is 4.99 Å². The van der Waals surface area contributed by atoms with Crippen LogP contribution in [0.4, 0.5) is 0 Å². The minimum atomic E-state index is -4.02. The first-order valence-corrected chi connectivity index (χ1v) is 14.7. The van der Waals surface area contributed by atoms with Gasteiger partial charge in [-0.3, -0.25) is 4.55 Å². The van der Waals surface area contributed by atoms with Crippen LogP contribution in [0.5, 0.6) is 0 Å². The van der Waals surface area contributed by atoms with Gasteiger partial charge in [-0.15, -0.1) is 0 Å². The normalized spacial score (nSPS) is 12.1. The van der Waals surface area contributed by atoms with Crippen molar-refractivity contribution in [3.05, 3.63) is 0 Å². The molecular weight excluding hydrogens is 449 g/mol. The first-order chi connectivity index (χ1) is 15.0. The molecule has 0 saturated heterocycles. The summed E-state index contributed by atoms with van der Waals surface area (Å²) in [7, 11) is -4.02. The van der Waals surface area contributed by atoms with Crippen LogP contribution in [-0.4, -0.2) is 31.2 Å². The van der Waals surface area contributed by atoms with Crippen LogP contribution >= 0.6 is 0 Å². The summed E-state index contributed by atoms with van der Waals surface area (Å²) >= 11 is 0. The van der Waals surface area contributed by atoms with Crippen LogP contribution in [0.2, 0.25) is 0 Å². The van der Waals surface area contributed by atoms with Crippen LogP contribution in [0.1, 0.15) is 142 Å². The molecule has 0 aromatic heterocycles. The molecule has 0 aliphatic rings. The summed E-state index contributed by atoms with van der Waals surface area (Å²) in [6.07, 6.45) is 26.9. The number of hydrogen-bond acceptors (Lipinski definition) is 4. The van der Waals surface area contributed by atoms with Crippen molar-refractivity contribution >= 4 is 16.0 Å². The SMILES string of the molecule is CCCCCCCCCCCCCCCCCCCCCCC([O-])=NCCS(=O)(=O)O.[K+]. The second-order valence-corrected chi connectivity index (χ2v) is 10.6. The summed E-state index contributed by atoms with van der Waals surface area (Å²) in [4.78, 5) is 3.65. The van der Waals surface area contributed by atoms with Gasteiger partial charge in [0.1, 0.15) is 0 Å². The largest absolute Gasteiger partial charge is 1.00 e. The third-order valence-electron chi connectivity index (χ3n) is 5.88. The zero-order valence-corrected chi connectivity index (χ0v) is 25.2. The first kappa shape index (κ1) is 35.2. The predicted octanol–water partition coefficient (Wildman–Crippen LogP) is 3.85. The molecule has 0 aromatic rings. The Kier molecular flexibility index (Phi) is 29.3. The van der Waals surface area contributed by atoms with Crippen LogP contribution in [0.25, 0.3) is 0 Å². The standard InChI is InChI=1S/C25H51NO4S.K/c1-2-3-4-5-6-7-8-9-10-11-12-13-14-15-16-17-18-19-20-21-22-25(27)26-23-24-31(28,29)30;/h2-24H2,1H3,(H,26,27)(H,28,29,30);/q;+1/p-1. The molecule has 0 fully saturated rings. The van der Waals surface area contributed by atoms with Crippen LogP contribution in [-0.2, 0) is 10.1 Å². The molecule has 0 spiro atoms. The van der Waals surface area contributed by atoms with Gasteiger partial charge in [0.2, 0.25) is 0 Å². The molecule has 1 N–H and O–H groups in total. The van der Waals surface area contributed by atoms with Gasteiger partial charge in [-0.25, -0.2) is 0 Å². The Morgan fingerprint density at radius 3 is 1.28 bits per heavy atom.